The summed E-state index contributed by atoms with van der Waals surface area (Å²) < 4.78 is 22.6. The molecule has 3 nitrogen and oxygen atoms in total. The Morgan fingerprint density at radius 2 is 2.25 bits per heavy atom. The number of hydrogen-bond acceptors (Lipinski definition) is 4. The maximum Gasteiger partial charge on any atom is 0.148 e. The quantitative estimate of drug-likeness (QED) is 0.812. The van der Waals surface area contributed by atoms with Crippen molar-refractivity contribution in [2.75, 3.05) is 18.6 Å². The van der Waals surface area contributed by atoms with E-state index in [4.69, 9.17) is 0 Å². The molecule has 0 fully saturated rings. The predicted molar refractivity (Wildman–Crippen MR) is 69.8 cm³/mol. The van der Waals surface area contributed by atoms with Crippen LogP contribution in [0.1, 0.15) is 18.9 Å². The van der Waals surface area contributed by atoms with Crippen LogP contribution < -0.4 is 5.32 Å². The molecular weight excluding hydrogens is 242 g/mol. The van der Waals surface area contributed by atoms with E-state index >= 15 is 0 Å². The minimum absolute atomic E-state index is 0.0320. The molecule has 0 bridgehead atoms. The van der Waals surface area contributed by atoms with Gasteiger partial charge >= 0.3 is 0 Å². The zero-order valence-electron chi connectivity index (χ0n) is 9.77. The molecule has 0 aliphatic rings. The van der Waals surface area contributed by atoms with Gasteiger partial charge in [0.05, 0.1) is 5.75 Å². The van der Waals surface area contributed by atoms with Crippen LogP contribution in [-0.2, 0) is 16.3 Å². The zero-order chi connectivity index (χ0) is 12.0. The zero-order valence-corrected chi connectivity index (χ0v) is 11.4. The molecule has 0 saturated carbocycles. The average Bonchev–Trinajstić information content (AvgIpc) is 2.64. The molecule has 1 rings (SSSR count). The van der Waals surface area contributed by atoms with E-state index in [1.807, 2.05) is 11.4 Å². The predicted octanol–water partition coefficient (Wildman–Crippen LogP) is 1.70. The minimum Gasteiger partial charge on any atom is -0.313 e. The third-order valence-corrected chi connectivity index (χ3v) is 3.99. The van der Waals surface area contributed by atoms with Gasteiger partial charge < -0.3 is 5.32 Å². The topological polar surface area (TPSA) is 46.2 Å². The molecule has 0 amide bonds. The van der Waals surface area contributed by atoms with Crippen molar-refractivity contribution in [3.63, 3.8) is 0 Å². The Morgan fingerprint density at radius 3 is 2.75 bits per heavy atom. The SMILES string of the molecule is CCCNC(Cc1ccsc1)CS(C)(=O)=O. The van der Waals surface area contributed by atoms with Crippen molar-refractivity contribution >= 4 is 21.2 Å². The second-order valence-electron chi connectivity index (χ2n) is 4.08. The van der Waals surface area contributed by atoms with Crippen LogP contribution in [0.3, 0.4) is 0 Å². The van der Waals surface area contributed by atoms with Crippen molar-refractivity contribution in [3.8, 4) is 0 Å². The highest BCUT2D eigenvalue weighted by Gasteiger charge is 2.15. The first kappa shape index (κ1) is 13.7. The van der Waals surface area contributed by atoms with Crippen LogP contribution in [0.25, 0.3) is 0 Å². The molecule has 1 atom stereocenters. The average molecular weight is 261 g/mol. The fourth-order valence-corrected chi connectivity index (χ4v) is 3.25. The van der Waals surface area contributed by atoms with Crippen molar-refractivity contribution in [2.45, 2.75) is 25.8 Å². The summed E-state index contributed by atoms with van der Waals surface area (Å²) in [6.45, 7) is 2.94. The lowest BCUT2D eigenvalue weighted by Crippen LogP contribution is -2.37. The number of rotatable bonds is 7. The largest absolute Gasteiger partial charge is 0.313 e. The fourth-order valence-electron chi connectivity index (χ4n) is 1.60. The molecule has 16 heavy (non-hydrogen) atoms. The molecule has 0 spiro atoms. The molecule has 5 heteroatoms. The summed E-state index contributed by atoms with van der Waals surface area (Å²) in [5.74, 6) is 0.211. The highest BCUT2D eigenvalue weighted by atomic mass is 32.2. The fraction of sp³-hybridized carbons (Fsp3) is 0.636. The Kier molecular flexibility index (Phi) is 5.44. The van der Waals surface area contributed by atoms with Crippen molar-refractivity contribution < 1.29 is 8.42 Å². The molecule has 1 N–H and O–H groups in total. The van der Waals surface area contributed by atoms with Gasteiger partial charge in [-0.1, -0.05) is 6.92 Å². The minimum atomic E-state index is -2.92. The van der Waals surface area contributed by atoms with Gasteiger partial charge in [0.1, 0.15) is 9.84 Å². The van der Waals surface area contributed by atoms with E-state index in [1.165, 1.54) is 11.8 Å². The Balaban J connectivity index is 2.56. The summed E-state index contributed by atoms with van der Waals surface area (Å²) in [5.41, 5.74) is 1.21. The molecule has 1 heterocycles. The summed E-state index contributed by atoms with van der Waals surface area (Å²) in [5, 5.41) is 7.38. The second kappa shape index (κ2) is 6.37. The van der Waals surface area contributed by atoms with E-state index in [9.17, 15) is 8.42 Å². The molecule has 92 valence electrons. The van der Waals surface area contributed by atoms with Crippen LogP contribution in [0.4, 0.5) is 0 Å². The maximum atomic E-state index is 11.3. The van der Waals surface area contributed by atoms with Gasteiger partial charge in [0.25, 0.3) is 0 Å². The molecule has 0 radical (unpaired) electrons. The molecule has 0 aliphatic heterocycles. The van der Waals surface area contributed by atoms with Gasteiger partial charge in [-0.15, -0.1) is 0 Å². The Hall–Kier alpha value is -0.390. The number of nitrogens with one attached hydrogen (secondary N) is 1. The Bertz CT molecular complexity index is 384. The van der Waals surface area contributed by atoms with Crippen molar-refractivity contribution in [1.82, 2.24) is 5.32 Å². The van der Waals surface area contributed by atoms with Gasteiger partial charge in [0.15, 0.2) is 0 Å². The molecule has 0 aliphatic carbocycles. The van der Waals surface area contributed by atoms with Crippen molar-refractivity contribution in [3.05, 3.63) is 22.4 Å². The Morgan fingerprint density at radius 1 is 1.50 bits per heavy atom. The van der Waals surface area contributed by atoms with Crippen LogP contribution in [0, 0.1) is 0 Å². The summed E-state index contributed by atoms with van der Waals surface area (Å²) in [6, 6.07) is 2.08. The van der Waals surface area contributed by atoms with Crippen LogP contribution >= 0.6 is 11.3 Å². The van der Waals surface area contributed by atoms with E-state index in [2.05, 4.69) is 17.6 Å². The molecule has 1 aromatic heterocycles. The van der Waals surface area contributed by atoms with Crippen LogP contribution in [0.15, 0.2) is 16.8 Å². The van der Waals surface area contributed by atoms with E-state index in [1.54, 1.807) is 11.3 Å². The standard InChI is InChI=1S/C11H19NO2S2/c1-3-5-12-11(9-16(2,13)14)7-10-4-6-15-8-10/h4,6,8,11-12H,3,5,7,9H2,1-2H3. The van der Waals surface area contributed by atoms with E-state index in [0.29, 0.717) is 0 Å². The molecular formula is C11H19NO2S2. The van der Waals surface area contributed by atoms with Crippen molar-refractivity contribution in [2.24, 2.45) is 0 Å². The molecule has 0 saturated heterocycles. The third-order valence-electron chi connectivity index (χ3n) is 2.25. The Labute approximate surface area is 102 Å². The summed E-state index contributed by atoms with van der Waals surface area (Å²) in [6.07, 6.45) is 3.10. The van der Waals surface area contributed by atoms with Crippen molar-refractivity contribution in [1.29, 1.82) is 0 Å². The number of hydrogen-bond donors (Lipinski definition) is 1. The maximum absolute atomic E-state index is 11.3. The van der Waals surface area contributed by atoms with E-state index in [0.717, 1.165) is 19.4 Å². The third kappa shape index (κ3) is 5.63. The van der Waals surface area contributed by atoms with Gasteiger partial charge in [-0.25, -0.2) is 8.42 Å². The van der Waals surface area contributed by atoms with Gasteiger partial charge in [-0.3, -0.25) is 0 Å². The second-order valence-corrected chi connectivity index (χ2v) is 7.04. The van der Waals surface area contributed by atoms with Crippen LogP contribution in [0.5, 0.6) is 0 Å². The van der Waals surface area contributed by atoms with Gasteiger partial charge in [0.2, 0.25) is 0 Å². The highest BCUT2D eigenvalue weighted by molar-refractivity contribution is 7.90. The van der Waals surface area contributed by atoms with Crippen LogP contribution in [-0.4, -0.2) is 33.0 Å². The summed E-state index contributed by atoms with van der Waals surface area (Å²) in [4.78, 5) is 0. The molecule has 1 unspecified atom stereocenters. The first-order chi connectivity index (χ1) is 7.51. The first-order valence-corrected chi connectivity index (χ1v) is 8.44. The van der Waals surface area contributed by atoms with E-state index in [-0.39, 0.29) is 11.8 Å². The van der Waals surface area contributed by atoms with Gasteiger partial charge in [-0.05, 0) is 41.8 Å². The normalized spacial score (nSPS) is 13.9. The lowest BCUT2D eigenvalue weighted by Gasteiger charge is -2.16. The van der Waals surface area contributed by atoms with Gasteiger partial charge in [0, 0.05) is 12.3 Å². The van der Waals surface area contributed by atoms with E-state index < -0.39 is 9.84 Å². The molecule has 1 aromatic rings. The van der Waals surface area contributed by atoms with Crippen LogP contribution in [0.2, 0.25) is 0 Å². The lowest BCUT2D eigenvalue weighted by molar-refractivity contribution is 0.530. The number of sulfone groups is 1. The smallest absolute Gasteiger partial charge is 0.148 e. The molecule has 0 aromatic carbocycles. The highest BCUT2D eigenvalue weighted by Crippen LogP contribution is 2.09. The monoisotopic (exact) mass is 261 g/mol. The summed E-state index contributed by atoms with van der Waals surface area (Å²) in [7, 11) is -2.92. The lowest BCUT2D eigenvalue weighted by atomic mass is 10.1. The summed E-state index contributed by atoms with van der Waals surface area (Å²) >= 11 is 1.65. The number of thiophene rings is 1. The van der Waals surface area contributed by atoms with Gasteiger partial charge in [-0.2, -0.15) is 11.3 Å². The first-order valence-electron chi connectivity index (χ1n) is 5.43.